The van der Waals surface area contributed by atoms with Gasteiger partial charge in [0, 0.05) is 14.1 Å². The van der Waals surface area contributed by atoms with E-state index in [-0.39, 0.29) is 35.2 Å². The number of aliphatic imine (C=N–C) groups is 1. The fourth-order valence-corrected chi connectivity index (χ4v) is 4.60. The Morgan fingerprint density at radius 3 is 2.58 bits per heavy atom. The lowest BCUT2D eigenvalue weighted by Gasteiger charge is -2.28. The minimum Gasteiger partial charge on any atom is -0.505 e. The van der Waals surface area contributed by atoms with Gasteiger partial charge >= 0.3 is 10.2 Å². The van der Waals surface area contributed by atoms with E-state index >= 15 is 0 Å². The molecule has 188 valence electrons. The summed E-state index contributed by atoms with van der Waals surface area (Å²) in [5, 5.41) is 13.5. The molecule has 2 radical (unpaired) electrons. The van der Waals surface area contributed by atoms with Crippen molar-refractivity contribution in [3.63, 3.8) is 0 Å². The highest BCUT2D eigenvalue weighted by molar-refractivity contribution is 7.89. The number of nitrogens with one attached hydrogen (secondary N) is 2. The van der Waals surface area contributed by atoms with Crippen molar-refractivity contribution in [1.82, 2.24) is 9.62 Å². The molecule has 0 fully saturated rings. The monoisotopic (exact) mass is 511 g/mol. The molecule has 4 rings (SSSR count). The topological polar surface area (TPSA) is 142 Å². The molecule has 2 aromatic rings. The SMILES string of the molecule is [B]c1ccc(NC2=NS(=O)(=O)NC2=N[C@@H](c2ccc3c(c2)OCO3)C(C)(C)C)c(O)c1C(=O)N(C)C. The third-order valence-electron chi connectivity index (χ3n) is 5.54. The largest absolute Gasteiger partial charge is 0.505 e. The molecule has 11 nitrogen and oxygen atoms in total. The number of ether oxygens (including phenoxy) is 2. The van der Waals surface area contributed by atoms with E-state index in [0.29, 0.717) is 11.5 Å². The Balaban J connectivity index is 1.74. The second-order valence-corrected chi connectivity index (χ2v) is 11.0. The maximum absolute atomic E-state index is 12.5. The second-order valence-electron chi connectivity index (χ2n) is 9.63. The standard InChI is InChI=1S/C23H26BN5O6S/c1-23(2,3)19(12-6-9-15-16(10-12)35-11-34-15)26-21-20(27-36(32,33)28-21)25-14-8-7-13(24)17(18(14)30)22(31)29(4)5/h6-10,19,30H,11H2,1-5H3,(H,25,27)(H,26,28)/t19-/m0/s1. The van der Waals surface area contributed by atoms with Gasteiger partial charge in [0.15, 0.2) is 28.9 Å². The normalized spacial score (nSPS) is 17.9. The number of carbonyl (C=O) groups is 1. The highest BCUT2D eigenvalue weighted by Gasteiger charge is 2.33. The maximum atomic E-state index is 12.5. The summed E-state index contributed by atoms with van der Waals surface area (Å²) in [6.07, 6.45) is 0. The molecular weight excluding hydrogens is 485 g/mol. The molecule has 13 heteroatoms. The molecule has 2 aliphatic rings. The predicted molar refractivity (Wildman–Crippen MR) is 137 cm³/mol. The van der Waals surface area contributed by atoms with Crippen LogP contribution in [0.5, 0.6) is 17.2 Å². The van der Waals surface area contributed by atoms with Crippen LogP contribution in [0.1, 0.15) is 42.7 Å². The van der Waals surface area contributed by atoms with E-state index in [2.05, 4.69) is 14.4 Å². The number of amidine groups is 2. The molecule has 0 unspecified atom stereocenters. The minimum atomic E-state index is -4.09. The number of fused-ring (bicyclic) bond motifs is 1. The molecule has 3 N–H and O–H groups in total. The molecular formula is C23H26BN5O6S. The Kier molecular flexibility index (Phi) is 6.37. The molecule has 2 aromatic carbocycles. The number of rotatable bonds is 4. The number of phenols is 1. The van der Waals surface area contributed by atoms with Crippen molar-refractivity contribution in [2.24, 2.45) is 14.8 Å². The maximum Gasteiger partial charge on any atom is 0.345 e. The van der Waals surface area contributed by atoms with E-state index < -0.39 is 33.3 Å². The lowest BCUT2D eigenvalue weighted by atomic mass is 9.82. The van der Waals surface area contributed by atoms with E-state index in [1.165, 1.54) is 31.1 Å². The van der Waals surface area contributed by atoms with Crippen LogP contribution in [0.15, 0.2) is 39.7 Å². The molecule has 0 bridgehead atoms. The number of amides is 1. The summed E-state index contributed by atoms with van der Waals surface area (Å²) in [7, 11) is 4.86. The van der Waals surface area contributed by atoms with Crippen LogP contribution >= 0.6 is 0 Å². The van der Waals surface area contributed by atoms with Crippen LogP contribution in [0.3, 0.4) is 0 Å². The Hall–Kier alpha value is -3.74. The van der Waals surface area contributed by atoms with Crippen molar-refractivity contribution in [2.45, 2.75) is 26.8 Å². The summed E-state index contributed by atoms with van der Waals surface area (Å²) in [5.74, 6) is 0.0374. The van der Waals surface area contributed by atoms with Gasteiger partial charge < -0.3 is 24.8 Å². The molecule has 2 aliphatic heterocycles. The molecule has 2 heterocycles. The van der Waals surface area contributed by atoms with Crippen LogP contribution in [0.25, 0.3) is 0 Å². The second kappa shape index (κ2) is 9.05. The van der Waals surface area contributed by atoms with Crippen LogP contribution < -0.4 is 25.0 Å². The van der Waals surface area contributed by atoms with Gasteiger partial charge in [-0.15, -0.1) is 4.40 Å². The van der Waals surface area contributed by atoms with Gasteiger partial charge in [-0.3, -0.25) is 9.79 Å². The zero-order chi connectivity index (χ0) is 26.4. The average Bonchev–Trinajstić information content (AvgIpc) is 3.35. The molecule has 0 aromatic heterocycles. The van der Waals surface area contributed by atoms with E-state index in [1.54, 1.807) is 12.1 Å². The highest BCUT2D eigenvalue weighted by atomic mass is 32.2. The molecule has 1 atom stereocenters. The predicted octanol–water partition coefficient (Wildman–Crippen LogP) is 1.46. The zero-order valence-corrected chi connectivity index (χ0v) is 21.3. The van der Waals surface area contributed by atoms with E-state index in [4.69, 9.17) is 22.3 Å². The van der Waals surface area contributed by atoms with Crippen LogP contribution in [-0.4, -0.2) is 64.7 Å². The van der Waals surface area contributed by atoms with Crippen LogP contribution in [0.4, 0.5) is 5.69 Å². The fourth-order valence-electron chi connectivity index (χ4n) is 3.79. The van der Waals surface area contributed by atoms with Gasteiger partial charge in [0.1, 0.15) is 7.85 Å². The molecule has 36 heavy (non-hydrogen) atoms. The first-order valence-electron chi connectivity index (χ1n) is 11.0. The number of phenolic OH excluding ortho intramolecular Hbond substituents is 1. The molecule has 1 amide bonds. The number of aromatic hydroxyl groups is 1. The van der Waals surface area contributed by atoms with Gasteiger partial charge in [-0.2, -0.15) is 8.42 Å². The Labute approximate surface area is 210 Å². The summed E-state index contributed by atoms with van der Waals surface area (Å²) >= 11 is 0. The Morgan fingerprint density at radius 1 is 1.22 bits per heavy atom. The van der Waals surface area contributed by atoms with Crippen LogP contribution in [0, 0.1) is 5.41 Å². The van der Waals surface area contributed by atoms with Gasteiger partial charge in [0.2, 0.25) is 6.79 Å². The zero-order valence-electron chi connectivity index (χ0n) is 20.5. The first-order valence-corrected chi connectivity index (χ1v) is 12.4. The Bertz CT molecular complexity index is 1400. The number of nitrogens with zero attached hydrogens (tertiary/aromatic N) is 3. The number of benzene rings is 2. The van der Waals surface area contributed by atoms with E-state index in [9.17, 15) is 18.3 Å². The third-order valence-corrected chi connectivity index (χ3v) is 6.41. The van der Waals surface area contributed by atoms with Crippen molar-refractivity contribution >= 4 is 46.8 Å². The third kappa shape index (κ3) is 4.96. The molecule has 0 saturated carbocycles. The minimum absolute atomic E-state index is 0.0372. The highest BCUT2D eigenvalue weighted by Crippen LogP contribution is 2.41. The van der Waals surface area contributed by atoms with Crippen LogP contribution in [-0.2, 0) is 10.2 Å². The first kappa shape index (κ1) is 25.4. The van der Waals surface area contributed by atoms with Gasteiger partial charge in [-0.1, -0.05) is 38.4 Å². The van der Waals surface area contributed by atoms with Crippen molar-refractivity contribution in [2.75, 3.05) is 26.2 Å². The average molecular weight is 511 g/mol. The van der Waals surface area contributed by atoms with Crippen LogP contribution in [0.2, 0.25) is 0 Å². The number of hydrogen-bond donors (Lipinski definition) is 3. The van der Waals surface area contributed by atoms with Gasteiger partial charge in [-0.05, 0) is 29.2 Å². The summed E-state index contributed by atoms with van der Waals surface area (Å²) < 4.78 is 41.6. The van der Waals surface area contributed by atoms with Crippen molar-refractivity contribution < 1.29 is 27.8 Å². The van der Waals surface area contributed by atoms with Gasteiger partial charge in [0.25, 0.3) is 5.91 Å². The summed E-state index contributed by atoms with van der Waals surface area (Å²) in [6, 6.07) is 7.75. The number of hydrogen-bond acceptors (Lipinski definition) is 8. The van der Waals surface area contributed by atoms with Gasteiger partial charge in [0.05, 0.1) is 17.3 Å². The van der Waals surface area contributed by atoms with Crippen molar-refractivity contribution in [3.05, 3.63) is 41.5 Å². The quantitative estimate of drug-likeness (QED) is 0.417. The van der Waals surface area contributed by atoms with Crippen molar-refractivity contribution in [3.8, 4) is 17.2 Å². The fraction of sp³-hybridized carbons (Fsp3) is 0.348. The van der Waals surface area contributed by atoms with E-state index in [0.717, 1.165) is 5.56 Å². The van der Waals surface area contributed by atoms with E-state index in [1.807, 2.05) is 26.8 Å². The number of carbonyl (C=O) groups excluding carboxylic acids is 1. The van der Waals surface area contributed by atoms with Crippen molar-refractivity contribution in [1.29, 1.82) is 0 Å². The molecule has 0 aliphatic carbocycles. The Morgan fingerprint density at radius 2 is 1.92 bits per heavy atom. The molecule has 0 spiro atoms. The summed E-state index contributed by atoms with van der Waals surface area (Å²) in [5.41, 5.74) is 0.328. The summed E-state index contributed by atoms with van der Waals surface area (Å²) in [4.78, 5) is 18.5. The first-order chi connectivity index (χ1) is 16.8. The lowest BCUT2D eigenvalue weighted by molar-refractivity contribution is 0.0826. The molecule has 0 saturated heterocycles. The summed E-state index contributed by atoms with van der Waals surface area (Å²) in [6.45, 7) is 6.01. The smallest absolute Gasteiger partial charge is 0.345 e. The van der Waals surface area contributed by atoms with Gasteiger partial charge in [-0.25, -0.2) is 4.72 Å². The lowest BCUT2D eigenvalue weighted by Crippen LogP contribution is -2.33. The number of anilines is 1.